The maximum Gasteiger partial charge on any atom is 0.165 e. The quantitative estimate of drug-likeness (QED) is 0.868. The van der Waals surface area contributed by atoms with Gasteiger partial charge in [-0.3, -0.25) is 0 Å². The summed E-state index contributed by atoms with van der Waals surface area (Å²) < 4.78 is 11.3. The van der Waals surface area contributed by atoms with Crippen LogP contribution in [-0.4, -0.2) is 31.0 Å². The molecule has 0 saturated heterocycles. The van der Waals surface area contributed by atoms with Crippen LogP contribution in [0.4, 0.5) is 0 Å². The molecule has 2 aliphatic rings. The van der Waals surface area contributed by atoms with Crippen molar-refractivity contribution in [3.63, 3.8) is 0 Å². The van der Waals surface area contributed by atoms with Crippen molar-refractivity contribution in [2.45, 2.75) is 31.9 Å². The van der Waals surface area contributed by atoms with Crippen molar-refractivity contribution in [3.8, 4) is 11.5 Å². The second-order valence-corrected chi connectivity index (χ2v) is 5.41. The third-order valence-corrected chi connectivity index (χ3v) is 3.91. The predicted molar refractivity (Wildman–Crippen MR) is 72.5 cm³/mol. The van der Waals surface area contributed by atoms with Gasteiger partial charge in [-0.2, -0.15) is 0 Å². The van der Waals surface area contributed by atoms with Crippen LogP contribution in [0.5, 0.6) is 11.5 Å². The van der Waals surface area contributed by atoms with Crippen LogP contribution in [0.15, 0.2) is 18.2 Å². The van der Waals surface area contributed by atoms with Crippen LogP contribution in [0.1, 0.15) is 24.8 Å². The SMILES string of the molecule is OC1CCC(CNCc2cccc3c2OCCO3)C1. The molecule has 2 unspecified atom stereocenters. The highest BCUT2D eigenvalue weighted by Gasteiger charge is 2.22. The Labute approximate surface area is 113 Å². The zero-order valence-electron chi connectivity index (χ0n) is 11.1. The molecule has 0 aromatic heterocycles. The summed E-state index contributed by atoms with van der Waals surface area (Å²) in [6.45, 7) is 3.00. The van der Waals surface area contributed by atoms with E-state index in [4.69, 9.17) is 9.47 Å². The molecule has 1 fully saturated rings. The summed E-state index contributed by atoms with van der Waals surface area (Å²) >= 11 is 0. The van der Waals surface area contributed by atoms with Gasteiger partial charge in [-0.25, -0.2) is 0 Å². The van der Waals surface area contributed by atoms with Gasteiger partial charge in [0.25, 0.3) is 0 Å². The molecule has 1 aliphatic heterocycles. The van der Waals surface area contributed by atoms with Gasteiger partial charge < -0.3 is 19.9 Å². The smallest absolute Gasteiger partial charge is 0.165 e. The lowest BCUT2D eigenvalue weighted by atomic mass is 10.1. The molecular formula is C15H21NO3. The third kappa shape index (κ3) is 3.01. The first-order valence-corrected chi connectivity index (χ1v) is 7.09. The van der Waals surface area contributed by atoms with Crippen molar-refractivity contribution in [1.29, 1.82) is 0 Å². The molecule has 2 N–H and O–H groups in total. The zero-order chi connectivity index (χ0) is 13.1. The average molecular weight is 263 g/mol. The minimum absolute atomic E-state index is 0.0898. The lowest BCUT2D eigenvalue weighted by Gasteiger charge is -2.21. The Balaban J connectivity index is 1.55. The summed E-state index contributed by atoms with van der Waals surface area (Å²) in [5.41, 5.74) is 1.15. The normalized spacial score (nSPS) is 25.5. The molecule has 1 aliphatic carbocycles. The molecule has 19 heavy (non-hydrogen) atoms. The number of rotatable bonds is 4. The number of fused-ring (bicyclic) bond motifs is 1. The molecule has 104 valence electrons. The van der Waals surface area contributed by atoms with Crippen LogP contribution in [0.3, 0.4) is 0 Å². The van der Waals surface area contributed by atoms with E-state index in [0.717, 1.165) is 49.4 Å². The van der Waals surface area contributed by atoms with E-state index < -0.39 is 0 Å². The number of ether oxygens (including phenoxy) is 2. The number of aliphatic hydroxyl groups excluding tert-OH is 1. The van der Waals surface area contributed by atoms with Crippen LogP contribution < -0.4 is 14.8 Å². The van der Waals surface area contributed by atoms with Crippen LogP contribution in [-0.2, 0) is 6.54 Å². The molecule has 1 aromatic carbocycles. The highest BCUT2D eigenvalue weighted by molar-refractivity contribution is 5.47. The number of hydrogen-bond donors (Lipinski definition) is 2. The molecule has 0 bridgehead atoms. The summed E-state index contributed by atoms with van der Waals surface area (Å²) in [7, 11) is 0. The lowest BCUT2D eigenvalue weighted by Crippen LogP contribution is -2.23. The summed E-state index contributed by atoms with van der Waals surface area (Å²) in [5, 5.41) is 13.0. The highest BCUT2D eigenvalue weighted by Crippen LogP contribution is 2.33. The van der Waals surface area contributed by atoms with Gasteiger partial charge in [0.1, 0.15) is 13.2 Å². The number of para-hydroxylation sites is 1. The van der Waals surface area contributed by atoms with Gasteiger partial charge in [-0.15, -0.1) is 0 Å². The molecule has 0 radical (unpaired) electrons. The van der Waals surface area contributed by atoms with Gasteiger partial charge in [0.15, 0.2) is 11.5 Å². The molecule has 3 rings (SSSR count). The van der Waals surface area contributed by atoms with Gasteiger partial charge in [0.05, 0.1) is 6.10 Å². The molecule has 0 amide bonds. The molecular weight excluding hydrogens is 242 g/mol. The van der Waals surface area contributed by atoms with Gasteiger partial charge in [-0.1, -0.05) is 12.1 Å². The minimum Gasteiger partial charge on any atom is -0.486 e. The molecule has 1 saturated carbocycles. The van der Waals surface area contributed by atoms with Gasteiger partial charge in [0.2, 0.25) is 0 Å². The Morgan fingerprint density at radius 1 is 1.21 bits per heavy atom. The number of hydrogen-bond acceptors (Lipinski definition) is 4. The number of benzene rings is 1. The Bertz CT molecular complexity index is 435. The number of aliphatic hydroxyl groups is 1. The largest absolute Gasteiger partial charge is 0.486 e. The van der Waals surface area contributed by atoms with E-state index in [1.54, 1.807) is 0 Å². The second kappa shape index (κ2) is 5.80. The monoisotopic (exact) mass is 263 g/mol. The first-order valence-electron chi connectivity index (χ1n) is 7.09. The summed E-state index contributed by atoms with van der Waals surface area (Å²) in [5.74, 6) is 2.33. The van der Waals surface area contributed by atoms with Crippen molar-refractivity contribution in [2.75, 3.05) is 19.8 Å². The first-order chi connectivity index (χ1) is 9.33. The van der Waals surface area contributed by atoms with E-state index in [2.05, 4.69) is 11.4 Å². The van der Waals surface area contributed by atoms with Crippen molar-refractivity contribution in [2.24, 2.45) is 5.92 Å². The van der Waals surface area contributed by atoms with Crippen LogP contribution in [0.2, 0.25) is 0 Å². The van der Waals surface area contributed by atoms with Crippen LogP contribution in [0, 0.1) is 5.92 Å². The molecule has 2 atom stereocenters. The fraction of sp³-hybridized carbons (Fsp3) is 0.600. The van der Waals surface area contributed by atoms with Gasteiger partial charge in [-0.05, 0) is 37.8 Å². The van der Waals surface area contributed by atoms with Gasteiger partial charge >= 0.3 is 0 Å². The van der Waals surface area contributed by atoms with E-state index in [1.165, 1.54) is 0 Å². The van der Waals surface area contributed by atoms with E-state index in [9.17, 15) is 5.11 Å². The molecule has 1 heterocycles. The Morgan fingerprint density at radius 3 is 2.95 bits per heavy atom. The van der Waals surface area contributed by atoms with E-state index in [1.807, 2.05) is 12.1 Å². The standard InChI is InChI=1S/C15H21NO3/c17-13-5-4-11(8-13)9-16-10-12-2-1-3-14-15(12)19-7-6-18-14/h1-3,11,13,16-17H,4-10H2. The fourth-order valence-electron chi connectivity index (χ4n) is 2.92. The van der Waals surface area contributed by atoms with Crippen molar-refractivity contribution in [3.05, 3.63) is 23.8 Å². The van der Waals surface area contributed by atoms with Crippen molar-refractivity contribution in [1.82, 2.24) is 5.32 Å². The number of nitrogens with one attached hydrogen (secondary N) is 1. The van der Waals surface area contributed by atoms with E-state index >= 15 is 0 Å². The maximum atomic E-state index is 9.51. The van der Waals surface area contributed by atoms with E-state index in [0.29, 0.717) is 19.1 Å². The first kappa shape index (κ1) is 12.8. The Kier molecular flexibility index (Phi) is 3.89. The topological polar surface area (TPSA) is 50.7 Å². The minimum atomic E-state index is -0.0898. The van der Waals surface area contributed by atoms with Crippen molar-refractivity contribution < 1.29 is 14.6 Å². The van der Waals surface area contributed by atoms with Crippen molar-refractivity contribution >= 4 is 0 Å². The molecule has 4 heteroatoms. The lowest BCUT2D eigenvalue weighted by molar-refractivity contribution is 0.169. The maximum absolute atomic E-state index is 9.51. The highest BCUT2D eigenvalue weighted by atomic mass is 16.6. The summed E-state index contributed by atoms with van der Waals surface area (Å²) in [6, 6.07) is 6.03. The summed E-state index contributed by atoms with van der Waals surface area (Å²) in [6.07, 6.45) is 2.91. The fourth-order valence-corrected chi connectivity index (χ4v) is 2.92. The summed E-state index contributed by atoms with van der Waals surface area (Å²) in [4.78, 5) is 0. The predicted octanol–water partition coefficient (Wildman–Crippen LogP) is 1.71. The molecule has 4 nitrogen and oxygen atoms in total. The Morgan fingerprint density at radius 2 is 2.11 bits per heavy atom. The zero-order valence-corrected chi connectivity index (χ0v) is 11.1. The third-order valence-electron chi connectivity index (χ3n) is 3.91. The average Bonchev–Trinajstić information content (AvgIpc) is 2.85. The van der Waals surface area contributed by atoms with Gasteiger partial charge in [0, 0.05) is 12.1 Å². The van der Waals surface area contributed by atoms with E-state index in [-0.39, 0.29) is 6.10 Å². The Hall–Kier alpha value is -1.26. The molecule has 1 aromatic rings. The second-order valence-electron chi connectivity index (χ2n) is 5.41. The van der Waals surface area contributed by atoms with Crippen LogP contribution >= 0.6 is 0 Å². The molecule has 0 spiro atoms. The van der Waals surface area contributed by atoms with Crippen LogP contribution in [0.25, 0.3) is 0 Å².